The van der Waals surface area contributed by atoms with Gasteiger partial charge in [-0.3, -0.25) is 4.79 Å². The molecule has 1 saturated carbocycles. The number of piperidine rings is 1. The number of halogens is 1. The molecule has 1 aliphatic carbocycles. The number of hydrogen-bond acceptors (Lipinski definition) is 3. The molecule has 0 atom stereocenters. The Kier molecular flexibility index (Phi) is 4.66. The largest absolute Gasteiger partial charge is 0.342 e. The minimum absolute atomic E-state index is 0.0283. The van der Waals surface area contributed by atoms with Crippen LogP contribution in [0.2, 0.25) is 0 Å². The van der Waals surface area contributed by atoms with Gasteiger partial charge in [-0.2, -0.15) is 0 Å². The molecule has 5 nitrogen and oxygen atoms in total. The van der Waals surface area contributed by atoms with Gasteiger partial charge in [0.05, 0.1) is 12.7 Å². The quantitative estimate of drug-likeness (QED) is 0.895. The summed E-state index contributed by atoms with van der Waals surface area (Å²) in [5, 5.41) is 0. The normalized spacial score (nSPS) is 20.8. The van der Waals surface area contributed by atoms with Crippen molar-refractivity contribution >= 4 is 15.9 Å². The average Bonchev–Trinajstić information content (AvgIpc) is 2.45. The molecule has 3 rings (SSSR count). The lowest BCUT2D eigenvalue weighted by Crippen LogP contribution is -2.55. The molecule has 1 heterocycles. The molecule has 0 unspecified atom stereocenters. The summed E-state index contributed by atoms with van der Waals surface area (Å²) in [7, 11) is -3.15. The van der Waals surface area contributed by atoms with Crippen molar-refractivity contribution in [2.75, 3.05) is 19.3 Å². The SMILES string of the molecule is CS(=O)(=O)NC1CC2(CCN(C(=O)Cc3cccc(F)c3)CC2)C1. The van der Waals surface area contributed by atoms with E-state index in [-0.39, 0.29) is 29.6 Å². The van der Waals surface area contributed by atoms with E-state index in [1.165, 1.54) is 18.4 Å². The van der Waals surface area contributed by atoms with E-state index >= 15 is 0 Å². The maximum atomic E-state index is 13.2. The van der Waals surface area contributed by atoms with Crippen molar-refractivity contribution < 1.29 is 17.6 Å². The van der Waals surface area contributed by atoms with Gasteiger partial charge in [-0.1, -0.05) is 12.1 Å². The zero-order chi connectivity index (χ0) is 17.4. The molecule has 132 valence electrons. The summed E-state index contributed by atoms with van der Waals surface area (Å²) in [5.41, 5.74) is 0.874. The highest BCUT2D eigenvalue weighted by Crippen LogP contribution is 2.49. The van der Waals surface area contributed by atoms with Crippen LogP contribution in [0.4, 0.5) is 4.39 Å². The van der Waals surface area contributed by atoms with Gasteiger partial charge in [-0.05, 0) is 48.8 Å². The maximum Gasteiger partial charge on any atom is 0.226 e. The summed E-state index contributed by atoms with van der Waals surface area (Å²) in [6.45, 7) is 1.39. The number of nitrogens with one attached hydrogen (secondary N) is 1. The zero-order valence-electron chi connectivity index (χ0n) is 13.8. The Morgan fingerprint density at radius 3 is 2.58 bits per heavy atom. The van der Waals surface area contributed by atoms with Crippen LogP contribution in [0.5, 0.6) is 0 Å². The van der Waals surface area contributed by atoms with Gasteiger partial charge < -0.3 is 4.90 Å². The number of benzene rings is 1. The van der Waals surface area contributed by atoms with Crippen LogP contribution in [-0.4, -0.2) is 44.6 Å². The number of rotatable bonds is 4. The van der Waals surface area contributed by atoms with Crippen LogP contribution in [0.3, 0.4) is 0 Å². The summed E-state index contributed by atoms with van der Waals surface area (Å²) in [6, 6.07) is 6.19. The number of amides is 1. The molecule has 24 heavy (non-hydrogen) atoms. The summed E-state index contributed by atoms with van der Waals surface area (Å²) < 4.78 is 38.4. The number of nitrogens with zero attached hydrogens (tertiary/aromatic N) is 1. The Morgan fingerprint density at radius 1 is 1.33 bits per heavy atom. The average molecular weight is 354 g/mol. The highest BCUT2D eigenvalue weighted by molar-refractivity contribution is 7.88. The molecule has 1 N–H and O–H groups in total. The van der Waals surface area contributed by atoms with Crippen molar-refractivity contribution in [2.45, 2.75) is 38.1 Å². The Balaban J connectivity index is 1.48. The lowest BCUT2D eigenvalue weighted by Gasteiger charge is -2.52. The number of likely N-dealkylation sites (tertiary alicyclic amines) is 1. The van der Waals surface area contributed by atoms with Crippen molar-refractivity contribution in [1.29, 1.82) is 0 Å². The lowest BCUT2D eigenvalue weighted by molar-refractivity contribution is -0.134. The second-order valence-corrected chi connectivity index (χ2v) is 8.96. The second-order valence-electron chi connectivity index (χ2n) is 7.18. The first kappa shape index (κ1) is 17.4. The van der Waals surface area contributed by atoms with E-state index in [9.17, 15) is 17.6 Å². The van der Waals surface area contributed by atoms with Crippen LogP contribution in [0.1, 0.15) is 31.2 Å². The van der Waals surface area contributed by atoms with Crippen LogP contribution in [0, 0.1) is 11.2 Å². The molecule has 1 aromatic rings. The number of hydrogen-bond donors (Lipinski definition) is 1. The highest BCUT2D eigenvalue weighted by atomic mass is 32.2. The van der Waals surface area contributed by atoms with E-state index in [1.54, 1.807) is 12.1 Å². The third-order valence-electron chi connectivity index (χ3n) is 5.16. The molecule has 2 fully saturated rings. The fourth-order valence-corrected chi connectivity index (χ4v) is 4.72. The van der Waals surface area contributed by atoms with Gasteiger partial charge in [0.1, 0.15) is 5.82 Å². The van der Waals surface area contributed by atoms with Crippen molar-refractivity contribution in [1.82, 2.24) is 9.62 Å². The molecule has 2 aliphatic rings. The molecule has 1 saturated heterocycles. The fourth-order valence-electron chi connectivity index (χ4n) is 3.94. The van der Waals surface area contributed by atoms with Gasteiger partial charge in [-0.15, -0.1) is 0 Å². The third kappa shape index (κ3) is 4.13. The van der Waals surface area contributed by atoms with E-state index in [2.05, 4.69) is 4.72 Å². The highest BCUT2D eigenvalue weighted by Gasteiger charge is 2.46. The lowest BCUT2D eigenvalue weighted by atomic mass is 9.60. The minimum atomic E-state index is -3.15. The second kappa shape index (κ2) is 6.44. The summed E-state index contributed by atoms with van der Waals surface area (Å²) in [5.74, 6) is -0.294. The standard InChI is InChI=1S/C17H23FN2O3S/c1-24(22,23)19-15-11-17(12-15)5-7-20(8-6-17)16(21)10-13-3-2-4-14(18)9-13/h2-4,9,15,19H,5-8,10-12H2,1H3. The summed E-state index contributed by atoms with van der Waals surface area (Å²) in [6.07, 6.45) is 4.93. The van der Waals surface area contributed by atoms with Gasteiger partial charge >= 0.3 is 0 Å². The van der Waals surface area contributed by atoms with Crippen molar-refractivity contribution in [3.63, 3.8) is 0 Å². The number of carbonyl (C=O) groups excluding carboxylic acids is 1. The summed E-state index contributed by atoms with van der Waals surface area (Å²) >= 11 is 0. The fraction of sp³-hybridized carbons (Fsp3) is 0.588. The predicted octanol–water partition coefficient (Wildman–Crippen LogP) is 1.69. The molecule has 1 aliphatic heterocycles. The van der Waals surface area contributed by atoms with E-state index in [4.69, 9.17) is 0 Å². The molecule has 0 bridgehead atoms. The summed E-state index contributed by atoms with van der Waals surface area (Å²) in [4.78, 5) is 14.2. The molecular weight excluding hydrogens is 331 g/mol. The van der Waals surface area contributed by atoms with Gasteiger partial charge in [0.15, 0.2) is 0 Å². The first-order valence-corrected chi connectivity index (χ1v) is 10.1. The van der Waals surface area contributed by atoms with Crippen LogP contribution in [0.15, 0.2) is 24.3 Å². The van der Waals surface area contributed by atoms with Gasteiger partial charge in [0.2, 0.25) is 15.9 Å². The molecule has 1 amide bonds. The topological polar surface area (TPSA) is 66.5 Å². The minimum Gasteiger partial charge on any atom is -0.342 e. The van der Waals surface area contributed by atoms with Crippen LogP contribution in [-0.2, 0) is 21.2 Å². The van der Waals surface area contributed by atoms with E-state index in [0.29, 0.717) is 18.7 Å². The van der Waals surface area contributed by atoms with E-state index < -0.39 is 10.0 Å². The van der Waals surface area contributed by atoms with Crippen LogP contribution < -0.4 is 4.72 Å². The first-order valence-electron chi connectivity index (χ1n) is 8.24. The Hall–Kier alpha value is -1.47. The van der Waals surface area contributed by atoms with E-state index in [0.717, 1.165) is 25.7 Å². The van der Waals surface area contributed by atoms with Crippen molar-refractivity contribution in [3.8, 4) is 0 Å². The molecule has 7 heteroatoms. The van der Waals surface area contributed by atoms with Crippen LogP contribution >= 0.6 is 0 Å². The Labute approximate surface area is 142 Å². The Bertz CT molecular complexity index is 719. The maximum absolute atomic E-state index is 13.2. The molecule has 0 aromatic heterocycles. The van der Waals surface area contributed by atoms with Gasteiger partial charge in [-0.25, -0.2) is 17.5 Å². The molecular formula is C17H23FN2O3S. The van der Waals surface area contributed by atoms with E-state index in [1.807, 2.05) is 4.90 Å². The first-order chi connectivity index (χ1) is 11.2. The monoisotopic (exact) mass is 354 g/mol. The molecule has 0 radical (unpaired) electrons. The van der Waals surface area contributed by atoms with Crippen LogP contribution in [0.25, 0.3) is 0 Å². The van der Waals surface area contributed by atoms with Crippen molar-refractivity contribution in [3.05, 3.63) is 35.6 Å². The zero-order valence-corrected chi connectivity index (χ0v) is 14.6. The molecule has 1 aromatic carbocycles. The Morgan fingerprint density at radius 2 is 2.00 bits per heavy atom. The van der Waals surface area contributed by atoms with Crippen molar-refractivity contribution in [2.24, 2.45) is 5.41 Å². The number of carbonyl (C=O) groups is 1. The number of sulfonamides is 1. The van der Waals surface area contributed by atoms with Gasteiger partial charge in [0, 0.05) is 19.1 Å². The predicted molar refractivity (Wildman–Crippen MR) is 89.4 cm³/mol. The molecule has 1 spiro atoms. The van der Waals surface area contributed by atoms with Gasteiger partial charge in [0.25, 0.3) is 0 Å². The smallest absolute Gasteiger partial charge is 0.226 e. The third-order valence-corrected chi connectivity index (χ3v) is 5.92.